The summed E-state index contributed by atoms with van der Waals surface area (Å²) >= 11 is 0. The van der Waals surface area contributed by atoms with Crippen LogP contribution in [0.1, 0.15) is 36.6 Å². The van der Waals surface area contributed by atoms with E-state index in [1.165, 1.54) is 20.3 Å². The number of carbonyl (C=O) groups is 1. The van der Waals surface area contributed by atoms with Crippen molar-refractivity contribution in [2.75, 3.05) is 28.1 Å². The first-order valence-electron chi connectivity index (χ1n) is 12.8. The second-order valence-electron chi connectivity index (χ2n) is 9.75. The molecule has 1 heterocycles. The van der Waals surface area contributed by atoms with Crippen LogP contribution in [0.2, 0.25) is 0 Å². The monoisotopic (exact) mass is 532 g/mol. The van der Waals surface area contributed by atoms with E-state index in [0.29, 0.717) is 46.1 Å². The number of methoxy groups -OCH3 is 3. The molecule has 0 fully saturated rings. The lowest BCUT2D eigenvalue weighted by Gasteiger charge is -2.35. The van der Waals surface area contributed by atoms with E-state index in [4.69, 9.17) is 28.4 Å². The Bertz CT molecular complexity index is 1410. The largest absolute Gasteiger partial charge is 0.504 e. The number of carbonyl (C=O) groups excluding carboxylic acids is 1. The minimum atomic E-state index is -0.711. The van der Waals surface area contributed by atoms with E-state index >= 15 is 0 Å². The lowest BCUT2D eigenvalue weighted by Crippen LogP contribution is -2.26. The molecule has 204 valence electrons. The Labute approximate surface area is 227 Å². The molecule has 0 aromatic heterocycles. The van der Waals surface area contributed by atoms with Crippen molar-refractivity contribution in [2.24, 2.45) is 11.8 Å². The standard InChI is InChI=1S/C31H32O8/c1-17-13-20-14-23-29(38-16-37-23)30(35-4)25(20)26-21(15-22(32)28(34-3)31(26)36-5)27(18(17)2)39-24(33)12-11-19-9-7-6-8-10-19/h6-12,14-15,17-18,27,32H,13,16H2,1-5H3/b12-11+/t17-,18-,27-/m1/s1. The first kappa shape index (κ1) is 26.3. The summed E-state index contributed by atoms with van der Waals surface area (Å²) in [5, 5.41) is 11.0. The fourth-order valence-corrected chi connectivity index (χ4v) is 5.39. The Hall–Kier alpha value is -4.33. The van der Waals surface area contributed by atoms with Crippen LogP contribution in [0.25, 0.3) is 17.2 Å². The lowest BCUT2D eigenvalue weighted by molar-refractivity contribution is -0.146. The van der Waals surface area contributed by atoms with Gasteiger partial charge in [-0.05, 0) is 41.7 Å². The van der Waals surface area contributed by atoms with Crippen molar-refractivity contribution in [1.82, 2.24) is 0 Å². The first-order chi connectivity index (χ1) is 18.9. The van der Waals surface area contributed by atoms with E-state index < -0.39 is 12.1 Å². The summed E-state index contributed by atoms with van der Waals surface area (Å²) < 4.78 is 34.9. The van der Waals surface area contributed by atoms with E-state index in [1.807, 2.05) is 43.3 Å². The first-order valence-corrected chi connectivity index (χ1v) is 12.8. The summed E-state index contributed by atoms with van der Waals surface area (Å²) in [6, 6.07) is 13.1. The number of rotatable bonds is 6. The Morgan fingerprint density at radius 2 is 1.67 bits per heavy atom. The zero-order valence-electron chi connectivity index (χ0n) is 22.6. The second kappa shape index (κ2) is 10.8. The Kier molecular flexibility index (Phi) is 7.28. The number of hydrogen-bond donors (Lipinski definition) is 1. The molecular formula is C31H32O8. The smallest absolute Gasteiger partial charge is 0.331 e. The van der Waals surface area contributed by atoms with Crippen molar-refractivity contribution in [1.29, 1.82) is 0 Å². The quantitative estimate of drug-likeness (QED) is 0.308. The minimum Gasteiger partial charge on any atom is -0.504 e. The van der Waals surface area contributed by atoms with Gasteiger partial charge < -0.3 is 33.5 Å². The van der Waals surface area contributed by atoms with E-state index in [9.17, 15) is 9.90 Å². The van der Waals surface area contributed by atoms with Crippen LogP contribution < -0.4 is 23.7 Å². The third-order valence-corrected chi connectivity index (χ3v) is 7.49. The van der Waals surface area contributed by atoms with Crippen molar-refractivity contribution in [3.05, 3.63) is 65.2 Å². The molecule has 1 aliphatic heterocycles. The fourth-order valence-electron chi connectivity index (χ4n) is 5.39. The van der Waals surface area contributed by atoms with Crippen LogP contribution in [0.4, 0.5) is 0 Å². The van der Waals surface area contributed by atoms with Crippen LogP contribution in [-0.4, -0.2) is 39.2 Å². The van der Waals surface area contributed by atoms with E-state index in [1.54, 1.807) is 19.3 Å². The van der Waals surface area contributed by atoms with Crippen LogP contribution in [-0.2, 0) is 16.0 Å². The zero-order chi connectivity index (χ0) is 27.7. The Balaban J connectivity index is 1.72. The molecule has 0 unspecified atom stereocenters. The molecule has 5 rings (SSSR count). The topological polar surface area (TPSA) is 92.7 Å². The van der Waals surface area contributed by atoms with Crippen LogP contribution in [0.15, 0.2) is 48.5 Å². The average Bonchev–Trinajstić information content (AvgIpc) is 3.41. The van der Waals surface area contributed by atoms with Gasteiger partial charge in [-0.25, -0.2) is 4.79 Å². The predicted octanol–water partition coefficient (Wildman–Crippen LogP) is 5.94. The van der Waals surface area contributed by atoms with Crippen LogP contribution in [0.5, 0.6) is 34.5 Å². The number of phenols is 1. The van der Waals surface area contributed by atoms with Gasteiger partial charge in [0.2, 0.25) is 18.3 Å². The van der Waals surface area contributed by atoms with E-state index in [-0.39, 0.29) is 30.1 Å². The molecule has 3 atom stereocenters. The van der Waals surface area contributed by atoms with Crippen LogP contribution in [0.3, 0.4) is 0 Å². The molecule has 2 aliphatic rings. The fraction of sp³-hybridized carbons (Fsp3) is 0.323. The summed E-state index contributed by atoms with van der Waals surface area (Å²) in [6.45, 7) is 4.23. The molecule has 3 aromatic rings. The van der Waals surface area contributed by atoms with Gasteiger partial charge in [-0.15, -0.1) is 0 Å². The number of hydrogen-bond acceptors (Lipinski definition) is 8. The molecule has 0 spiro atoms. The third kappa shape index (κ3) is 4.71. The van der Waals surface area contributed by atoms with Gasteiger partial charge in [0.1, 0.15) is 6.10 Å². The van der Waals surface area contributed by atoms with Gasteiger partial charge >= 0.3 is 5.97 Å². The molecule has 1 N–H and O–H groups in total. The van der Waals surface area contributed by atoms with Gasteiger partial charge in [0.25, 0.3) is 0 Å². The van der Waals surface area contributed by atoms with Gasteiger partial charge in [0, 0.05) is 28.7 Å². The molecule has 8 heteroatoms. The molecule has 39 heavy (non-hydrogen) atoms. The number of esters is 1. The molecule has 0 saturated heterocycles. The van der Waals surface area contributed by atoms with Gasteiger partial charge in [-0.1, -0.05) is 44.2 Å². The molecular weight excluding hydrogens is 500 g/mol. The summed E-state index contributed by atoms with van der Waals surface area (Å²) in [6.07, 6.45) is 3.06. The number of aromatic hydroxyl groups is 1. The van der Waals surface area contributed by atoms with E-state index in [0.717, 1.165) is 11.1 Å². The van der Waals surface area contributed by atoms with Gasteiger partial charge in [-0.3, -0.25) is 0 Å². The second-order valence-corrected chi connectivity index (χ2v) is 9.75. The maximum atomic E-state index is 13.1. The summed E-state index contributed by atoms with van der Waals surface area (Å²) in [5.74, 6) is 1.35. The van der Waals surface area contributed by atoms with Crippen molar-refractivity contribution in [3.8, 4) is 45.6 Å². The van der Waals surface area contributed by atoms with Crippen molar-refractivity contribution in [3.63, 3.8) is 0 Å². The van der Waals surface area contributed by atoms with Crippen LogP contribution in [0, 0.1) is 11.8 Å². The number of fused-ring (bicyclic) bond motifs is 4. The number of benzene rings is 3. The highest BCUT2D eigenvalue weighted by atomic mass is 16.7. The SMILES string of the molecule is COc1c(O)cc2c(c1OC)-c1c(cc3c(c1OC)OCO3)C[C@@H](C)[C@@H](C)[C@H]2OC(=O)/C=C/c1ccccc1. The normalized spacial score (nSPS) is 19.5. The average molecular weight is 533 g/mol. The van der Waals surface area contributed by atoms with Crippen molar-refractivity contribution < 1.29 is 38.3 Å². The predicted molar refractivity (Wildman–Crippen MR) is 146 cm³/mol. The Morgan fingerprint density at radius 1 is 0.949 bits per heavy atom. The maximum absolute atomic E-state index is 13.1. The highest BCUT2D eigenvalue weighted by Crippen LogP contribution is 2.58. The van der Waals surface area contributed by atoms with Crippen LogP contribution >= 0.6 is 0 Å². The Morgan fingerprint density at radius 3 is 2.36 bits per heavy atom. The van der Waals surface area contributed by atoms with Crippen molar-refractivity contribution >= 4 is 12.0 Å². The van der Waals surface area contributed by atoms with Gasteiger partial charge in [-0.2, -0.15) is 0 Å². The van der Waals surface area contributed by atoms with Crippen molar-refractivity contribution in [2.45, 2.75) is 26.4 Å². The molecule has 0 amide bonds. The summed E-state index contributed by atoms with van der Waals surface area (Å²) in [4.78, 5) is 13.1. The molecule has 8 nitrogen and oxygen atoms in total. The van der Waals surface area contributed by atoms with Gasteiger partial charge in [0.15, 0.2) is 23.0 Å². The molecule has 1 aliphatic carbocycles. The molecule has 0 saturated carbocycles. The number of phenolic OH excluding ortho intramolecular Hbond substituents is 1. The summed E-state index contributed by atoms with van der Waals surface area (Å²) in [5.41, 5.74) is 3.72. The molecule has 3 aromatic carbocycles. The third-order valence-electron chi connectivity index (χ3n) is 7.49. The molecule has 0 bridgehead atoms. The highest BCUT2D eigenvalue weighted by molar-refractivity contribution is 5.90. The van der Waals surface area contributed by atoms with Gasteiger partial charge in [0.05, 0.1) is 21.3 Å². The zero-order valence-corrected chi connectivity index (χ0v) is 22.6. The maximum Gasteiger partial charge on any atom is 0.331 e. The van der Waals surface area contributed by atoms with E-state index in [2.05, 4.69) is 6.92 Å². The molecule has 0 radical (unpaired) electrons. The lowest BCUT2D eigenvalue weighted by atomic mass is 9.76. The minimum absolute atomic E-state index is 0.0770. The number of ether oxygens (including phenoxy) is 6. The summed E-state index contributed by atoms with van der Waals surface area (Å²) in [7, 11) is 4.53. The highest BCUT2D eigenvalue weighted by Gasteiger charge is 2.39.